The third kappa shape index (κ3) is 5.36. The van der Waals surface area contributed by atoms with E-state index in [1.54, 1.807) is 30.3 Å². The molecule has 2 aromatic rings. The summed E-state index contributed by atoms with van der Waals surface area (Å²) in [5, 5.41) is 11.6. The molecule has 2 saturated heterocycles. The van der Waals surface area contributed by atoms with E-state index in [-0.39, 0.29) is 29.9 Å². The third-order valence-corrected chi connectivity index (χ3v) is 6.97. The van der Waals surface area contributed by atoms with Crippen molar-refractivity contribution in [3.63, 3.8) is 0 Å². The van der Waals surface area contributed by atoms with Crippen LogP contribution < -0.4 is 14.2 Å². The van der Waals surface area contributed by atoms with Crippen LogP contribution in [0.25, 0.3) is 5.76 Å². The van der Waals surface area contributed by atoms with Crippen LogP contribution in [-0.4, -0.2) is 61.3 Å². The van der Waals surface area contributed by atoms with Crippen molar-refractivity contribution < 1.29 is 33.6 Å². The van der Waals surface area contributed by atoms with Crippen molar-refractivity contribution in [1.29, 1.82) is 0 Å². The maximum atomic E-state index is 13.5. The van der Waals surface area contributed by atoms with Crippen molar-refractivity contribution in [3.05, 3.63) is 58.7 Å². The van der Waals surface area contributed by atoms with Crippen molar-refractivity contribution in [2.45, 2.75) is 58.6 Å². The van der Waals surface area contributed by atoms with E-state index in [0.717, 1.165) is 24.2 Å². The zero-order valence-corrected chi connectivity index (χ0v) is 22.8. The molecule has 0 radical (unpaired) electrons. The maximum Gasteiger partial charge on any atom is 0.295 e. The number of carbonyl (C=O) groups is 2. The van der Waals surface area contributed by atoms with E-state index < -0.39 is 17.7 Å². The molecule has 2 aliphatic heterocycles. The van der Waals surface area contributed by atoms with Gasteiger partial charge in [0.2, 0.25) is 0 Å². The lowest BCUT2D eigenvalue weighted by Crippen LogP contribution is -2.36. The monoisotopic (exact) mass is 523 g/mol. The van der Waals surface area contributed by atoms with Gasteiger partial charge < -0.3 is 29.0 Å². The molecular weight excluding hydrogens is 486 g/mol. The molecule has 2 aromatic carbocycles. The third-order valence-electron chi connectivity index (χ3n) is 6.97. The number of Topliss-reactive ketones (excluding diaryl/α,β-unsaturated/α-hetero) is 1. The quantitative estimate of drug-likeness (QED) is 0.259. The number of rotatable bonds is 10. The Labute approximate surface area is 224 Å². The molecule has 8 heteroatoms. The topological polar surface area (TPSA) is 94.5 Å². The summed E-state index contributed by atoms with van der Waals surface area (Å²) < 4.78 is 22.8. The molecule has 2 heterocycles. The molecule has 0 spiro atoms. The second-order valence-corrected chi connectivity index (χ2v) is 9.77. The Kier molecular flexibility index (Phi) is 8.62. The van der Waals surface area contributed by atoms with Gasteiger partial charge in [-0.3, -0.25) is 9.59 Å². The summed E-state index contributed by atoms with van der Waals surface area (Å²) in [6.07, 6.45) is 1.54. The fourth-order valence-electron chi connectivity index (χ4n) is 5.14. The average Bonchev–Trinajstić information content (AvgIpc) is 3.51. The summed E-state index contributed by atoms with van der Waals surface area (Å²) in [6.45, 7) is 9.72. The van der Waals surface area contributed by atoms with Crippen LogP contribution in [-0.2, 0) is 14.3 Å². The number of carbonyl (C=O) groups excluding carboxylic acids is 2. The van der Waals surface area contributed by atoms with Crippen molar-refractivity contribution in [2.24, 2.45) is 0 Å². The molecule has 4 rings (SSSR count). The fraction of sp³-hybridized carbons (Fsp3) is 0.467. The molecule has 2 aliphatic rings. The molecule has 2 atom stereocenters. The van der Waals surface area contributed by atoms with Gasteiger partial charge in [0.15, 0.2) is 11.5 Å². The normalized spacial score (nSPS) is 20.8. The van der Waals surface area contributed by atoms with E-state index in [1.165, 1.54) is 12.0 Å². The van der Waals surface area contributed by atoms with E-state index >= 15 is 0 Å². The highest BCUT2D eigenvalue weighted by atomic mass is 16.5. The Morgan fingerprint density at radius 2 is 1.76 bits per heavy atom. The van der Waals surface area contributed by atoms with E-state index in [2.05, 4.69) is 0 Å². The predicted molar refractivity (Wildman–Crippen MR) is 144 cm³/mol. The first-order chi connectivity index (χ1) is 18.3. The molecular formula is C30H37NO7. The molecule has 2 unspecified atom stereocenters. The van der Waals surface area contributed by atoms with E-state index in [0.29, 0.717) is 42.4 Å². The van der Waals surface area contributed by atoms with Gasteiger partial charge in [-0.25, -0.2) is 0 Å². The highest BCUT2D eigenvalue weighted by Crippen LogP contribution is 2.43. The Morgan fingerprint density at radius 1 is 1.05 bits per heavy atom. The lowest BCUT2D eigenvalue weighted by Gasteiger charge is -2.28. The molecule has 1 amide bonds. The summed E-state index contributed by atoms with van der Waals surface area (Å²) in [4.78, 5) is 28.3. The van der Waals surface area contributed by atoms with Crippen LogP contribution in [0.15, 0.2) is 42.0 Å². The first kappa shape index (κ1) is 27.5. The Hall–Kier alpha value is -3.52. The Bertz CT molecular complexity index is 1210. The summed E-state index contributed by atoms with van der Waals surface area (Å²) >= 11 is 0. The van der Waals surface area contributed by atoms with Gasteiger partial charge in [-0.15, -0.1) is 0 Å². The number of hydrogen-bond acceptors (Lipinski definition) is 7. The average molecular weight is 524 g/mol. The number of aliphatic hydroxyl groups excluding tert-OH is 1. The van der Waals surface area contributed by atoms with Crippen LogP contribution >= 0.6 is 0 Å². The summed E-state index contributed by atoms with van der Waals surface area (Å²) in [7, 11) is 1.54. The van der Waals surface area contributed by atoms with E-state index in [1.807, 2.05) is 33.8 Å². The molecule has 0 saturated carbocycles. The number of amides is 1. The molecule has 204 valence electrons. The van der Waals surface area contributed by atoms with Gasteiger partial charge in [0.1, 0.15) is 11.5 Å². The minimum absolute atomic E-state index is 0.0399. The number of ketones is 1. The molecule has 0 bridgehead atoms. The van der Waals surface area contributed by atoms with Crippen LogP contribution in [0, 0.1) is 0 Å². The van der Waals surface area contributed by atoms with Gasteiger partial charge in [-0.1, -0.05) is 19.9 Å². The molecule has 38 heavy (non-hydrogen) atoms. The predicted octanol–water partition coefficient (Wildman–Crippen LogP) is 5.22. The highest BCUT2D eigenvalue weighted by Gasteiger charge is 2.47. The van der Waals surface area contributed by atoms with Gasteiger partial charge in [-0.05, 0) is 74.1 Å². The SMILES string of the molecule is CCOc1ccc(C2/C(=C(\O)c3ccc(OCC)c(C(C)C)c3)C(=O)C(=O)N2CC2CCCO2)cc1OC. The van der Waals surface area contributed by atoms with Crippen LogP contribution in [0.3, 0.4) is 0 Å². The number of benzene rings is 2. The van der Waals surface area contributed by atoms with Crippen molar-refractivity contribution >= 4 is 17.4 Å². The van der Waals surface area contributed by atoms with Crippen molar-refractivity contribution in [3.8, 4) is 17.2 Å². The molecule has 0 aliphatic carbocycles. The van der Waals surface area contributed by atoms with Gasteiger partial charge in [0.25, 0.3) is 11.7 Å². The number of hydrogen-bond donors (Lipinski definition) is 1. The number of nitrogens with zero attached hydrogens (tertiary/aromatic N) is 1. The zero-order chi connectivity index (χ0) is 27.4. The first-order valence-corrected chi connectivity index (χ1v) is 13.3. The molecule has 0 aromatic heterocycles. The van der Waals surface area contributed by atoms with Crippen LogP contribution in [0.2, 0.25) is 0 Å². The standard InChI is InChI=1S/C30H37NO7/c1-6-36-23-12-11-20(15-22(23)18(3)4)28(32)26-27(19-10-13-24(37-7-2)25(16-19)35-5)31(30(34)29(26)33)17-21-9-8-14-38-21/h10-13,15-16,18,21,27,32H,6-9,14,17H2,1-5H3/b28-26+. The summed E-state index contributed by atoms with van der Waals surface area (Å²) in [6, 6.07) is 9.86. The minimum Gasteiger partial charge on any atom is -0.507 e. The zero-order valence-electron chi connectivity index (χ0n) is 22.8. The number of methoxy groups -OCH3 is 1. The summed E-state index contributed by atoms with van der Waals surface area (Å²) in [5.74, 6) is 0.287. The second-order valence-electron chi connectivity index (χ2n) is 9.77. The number of aliphatic hydroxyl groups is 1. The molecule has 8 nitrogen and oxygen atoms in total. The van der Waals surface area contributed by atoms with Gasteiger partial charge in [0.05, 0.1) is 38.0 Å². The van der Waals surface area contributed by atoms with Gasteiger partial charge in [0, 0.05) is 18.7 Å². The smallest absolute Gasteiger partial charge is 0.295 e. The lowest BCUT2D eigenvalue weighted by atomic mass is 9.93. The van der Waals surface area contributed by atoms with Crippen molar-refractivity contribution in [1.82, 2.24) is 4.90 Å². The van der Waals surface area contributed by atoms with Crippen molar-refractivity contribution in [2.75, 3.05) is 33.5 Å². The Balaban J connectivity index is 1.86. The minimum atomic E-state index is -0.808. The van der Waals surface area contributed by atoms with E-state index in [9.17, 15) is 14.7 Å². The van der Waals surface area contributed by atoms with Gasteiger partial charge in [-0.2, -0.15) is 0 Å². The van der Waals surface area contributed by atoms with Crippen LogP contribution in [0.5, 0.6) is 17.2 Å². The first-order valence-electron chi connectivity index (χ1n) is 13.3. The Morgan fingerprint density at radius 3 is 2.39 bits per heavy atom. The van der Waals surface area contributed by atoms with Crippen LogP contribution in [0.4, 0.5) is 0 Å². The molecule has 1 N–H and O–H groups in total. The second kappa shape index (κ2) is 11.9. The van der Waals surface area contributed by atoms with Crippen LogP contribution in [0.1, 0.15) is 69.2 Å². The number of likely N-dealkylation sites (tertiary alicyclic amines) is 1. The van der Waals surface area contributed by atoms with Gasteiger partial charge >= 0.3 is 0 Å². The lowest BCUT2D eigenvalue weighted by molar-refractivity contribution is -0.140. The summed E-state index contributed by atoms with van der Waals surface area (Å²) in [5.41, 5.74) is 2.04. The van der Waals surface area contributed by atoms with E-state index in [4.69, 9.17) is 18.9 Å². The number of ether oxygens (including phenoxy) is 4. The fourth-order valence-corrected chi connectivity index (χ4v) is 5.14. The largest absolute Gasteiger partial charge is 0.507 e. The molecule has 2 fully saturated rings. The highest BCUT2D eigenvalue weighted by molar-refractivity contribution is 6.46. The maximum absolute atomic E-state index is 13.5.